The van der Waals surface area contributed by atoms with Gasteiger partial charge in [-0.25, -0.2) is 32.3 Å². The molecule has 40 heavy (non-hydrogen) atoms. The second-order valence-corrected chi connectivity index (χ2v) is 12.7. The number of aliphatic hydroxyl groups excluding tert-OH is 1. The molecule has 8 nitrogen and oxygen atoms in total. The van der Waals surface area contributed by atoms with Crippen molar-refractivity contribution in [3.05, 3.63) is 78.0 Å². The van der Waals surface area contributed by atoms with E-state index < -0.39 is 39.1 Å². The average molecular weight is 568 g/mol. The molecule has 11 heteroatoms. The lowest BCUT2D eigenvalue weighted by molar-refractivity contribution is 0.115. The van der Waals surface area contributed by atoms with Crippen LogP contribution in [0.1, 0.15) is 24.3 Å². The maximum absolute atomic E-state index is 16.1. The first kappa shape index (κ1) is 26.9. The molecule has 2 aliphatic carbocycles. The zero-order valence-corrected chi connectivity index (χ0v) is 22.7. The fraction of sp³-hybridized carbons (Fsp3) is 0.379. The number of nitrogens with two attached hydrogens (primary N) is 1. The number of rotatable bonds is 5. The summed E-state index contributed by atoms with van der Waals surface area (Å²) in [4.78, 5) is 11.5. The minimum Gasteiger partial charge on any atom is -0.386 e. The van der Waals surface area contributed by atoms with Crippen LogP contribution in [0, 0.1) is 5.92 Å². The number of alkyl halides is 2. The Labute approximate surface area is 231 Å². The van der Waals surface area contributed by atoms with E-state index in [0.29, 0.717) is 28.7 Å². The number of nitrogens with one attached hydrogen (secondary N) is 1. The Morgan fingerprint density at radius 1 is 1.18 bits per heavy atom. The molecule has 210 valence electrons. The SMILES string of the molecule is CN1CCC(Nc2ncc3cc(-c4ccccc4C4C(F)C(O)C5=CC=CC(F)(S(N)(=O)=O)C54)ccc3n2)CC1. The number of benzene rings is 2. The van der Waals surface area contributed by atoms with Gasteiger partial charge in [-0.05, 0) is 73.5 Å². The number of aromatic nitrogens is 2. The number of fused-ring (bicyclic) bond motifs is 2. The number of hydrogen-bond donors (Lipinski definition) is 3. The molecule has 4 N–H and O–H groups in total. The summed E-state index contributed by atoms with van der Waals surface area (Å²) in [6.07, 6.45) is 3.52. The molecule has 2 fully saturated rings. The van der Waals surface area contributed by atoms with Crippen molar-refractivity contribution in [2.24, 2.45) is 11.1 Å². The van der Waals surface area contributed by atoms with Crippen LogP contribution in [0.2, 0.25) is 0 Å². The number of hydrogen-bond acceptors (Lipinski definition) is 7. The molecule has 6 rings (SSSR count). The van der Waals surface area contributed by atoms with Crippen molar-refractivity contribution < 1.29 is 22.3 Å². The third-order valence-electron chi connectivity index (χ3n) is 8.44. The lowest BCUT2D eigenvalue weighted by Crippen LogP contribution is -2.47. The number of primary sulfonamides is 1. The molecule has 0 radical (unpaired) electrons. The quantitative estimate of drug-likeness (QED) is 0.430. The molecule has 3 aromatic rings. The maximum Gasteiger partial charge on any atom is 0.249 e. The van der Waals surface area contributed by atoms with Gasteiger partial charge in [-0.1, -0.05) is 42.5 Å². The van der Waals surface area contributed by atoms with Crippen LogP contribution in [-0.2, 0) is 10.0 Å². The van der Waals surface area contributed by atoms with Crippen molar-refractivity contribution in [1.29, 1.82) is 0 Å². The van der Waals surface area contributed by atoms with Crippen molar-refractivity contribution >= 4 is 26.9 Å². The van der Waals surface area contributed by atoms with E-state index >= 15 is 8.78 Å². The molecule has 0 spiro atoms. The Morgan fingerprint density at radius 2 is 1.93 bits per heavy atom. The van der Waals surface area contributed by atoms with Crippen molar-refractivity contribution in [2.75, 3.05) is 25.5 Å². The van der Waals surface area contributed by atoms with Crippen molar-refractivity contribution in [3.63, 3.8) is 0 Å². The molecule has 5 atom stereocenters. The summed E-state index contributed by atoms with van der Waals surface area (Å²) >= 11 is 0. The minimum absolute atomic E-state index is 0.0251. The highest BCUT2D eigenvalue weighted by Gasteiger charge is 2.61. The maximum atomic E-state index is 16.1. The Bertz CT molecular complexity index is 1620. The standard InChI is InChI=1S/C29H31F2N5O3S/c1-36-13-10-19(11-14-36)34-28-33-16-18-15-17(8-9-23(18)35-28)20-5-2-3-6-21(20)24-25-22(27(37)26(24)30)7-4-12-29(25,31)40(32,38)39/h2-9,12,15-16,19,24-27,37H,10-11,13-14H2,1H3,(H2,32,38,39)(H,33,34,35). The largest absolute Gasteiger partial charge is 0.386 e. The second kappa shape index (κ2) is 9.99. The van der Waals surface area contributed by atoms with Gasteiger partial charge in [0.05, 0.1) is 5.52 Å². The van der Waals surface area contributed by atoms with Gasteiger partial charge in [-0.2, -0.15) is 0 Å². The smallest absolute Gasteiger partial charge is 0.249 e. The fourth-order valence-corrected chi connectivity index (χ4v) is 7.21. The fourth-order valence-electron chi connectivity index (χ4n) is 6.30. The zero-order chi connectivity index (χ0) is 28.2. The molecule has 0 amide bonds. The molecular formula is C29H31F2N5O3S. The molecule has 5 unspecified atom stereocenters. The van der Waals surface area contributed by atoms with E-state index in [9.17, 15) is 13.5 Å². The van der Waals surface area contributed by atoms with Crippen molar-refractivity contribution in [3.8, 4) is 11.1 Å². The molecule has 1 aromatic heterocycles. The van der Waals surface area contributed by atoms with Crippen LogP contribution < -0.4 is 10.5 Å². The third-order valence-corrected chi connectivity index (χ3v) is 9.70. The summed E-state index contributed by atoms with van der Waals surface area (Å²) in [6, 6.07) is 12.7. The van der Waals surface area contributed by atoms with Crippen LogP contribution >= 0.6 is 0 Å². The first-order valence-electron chi connectivity index (χ1n) is 13.3. The van der Waals surface area contributed by atoms with Gasteiger partial charge < -0.3 is 15.3 Å². The number of sulfonamides is 1. The van der Waals surface area contributed by atoms with Gasteiger partial charge in [-0.3, -0.25) is 0 Å². The summed E-state index contributed by atoms with van der Waals surface area (Å²) in [5.74, 6) is -2.25. The highest BCUT2D eigenvalue weighted by Crippen LogP contribution is 2.55. The van der Waals surface area contributed by atoms with Crippen LogP contribution in [0.3, 0.4) is 0 Å². The normalized spacial score (nSPS) is 29.4. The van der Waals surface area contributed by atoms with Gasteiger partial charge in [-0.15, -0.1) is 0 Å². The summed E-state index contributed by atoms with van der Waals surface area (Å²) in [6.45, 7) is 2.03. The van der Waals surface area contributed by atoms with Crippen molar-refractivity contribution in [2.45, 2.75) is 42.1 Å². The van der Waals surface area contributed by atoms with Crippen LogP contribution in [0.5, 0.6) is 0 Å². The molecule has 1 saturated heterocycles. The predicted octanol–water partition coefficient (Wildman–Crippen LogP) is 3.67. The first-order valence-corrected chi connectivity index (χ1v) is 14.9. The van der Waals surface area contributed by atoms with E-state index in [2.05, 4.69) is 27.2 Å². The highest BCUT2D eigenvalue weighted by molar-refractivity contribution is 7.90. The Hall–Kier alpha value is -3.25. The summed E-state index contributed by atoms with van der Waals surface area (Å²) in [5.41, 5.74) is 2.37. The minimum atomic E-state index is -4.79. The number of nitrogens with zero attached hydrogens (tertiary/aromatic N) is 3. The number of piperidine rings is 1. The number of anilines is 1. The lowest BCUT2D eigenvalue weighted by Gasteiger charge is -2.34. The first-order chi connectivity index (χ1) is 19.1. The molecular weight excluding hydrogens is 536 g/mol. The Kier molecular flexibility index (Phi) is 6.73. The van der Waals surface area contributed by atoms with Gasteiger partial charge in [0.15, 0.2) is 0 Å². The summed E-state index contributed by atoms with van der Waals surface area (Å²) < 4.78 is 56.7. The third kappa shape index (κ3) is 4.50. The van der Waals surface area contributed by atoms with Crippen LogP contribution in [0.15, 0.2) is 72.5 Å². The number of halogens is 2. The van der Waals surface area contributed by atoms with E-state index in [4.69, 9.17) is 5.14 Å². The Balaban J connectivity index is 1.36. The number of allylic oxidation sites excluding steroid dienone is 2. The van der Waals surface area contributed by atoms with E-state index in [1.165, 1.54) is 12.2 Å². The van der Waals surface area contributed by atoms with Gasteiger partial charge >= 0.3 is 0 Å². The van der Waals surface area contributed by atoms with Gasteiger partial charge in [0.25, 0.3) is 0 Å². The van der Waals surface area contributed by atoms with Crippen LogP contribution in [0.4, 0.5) is 14.7 Å². The molecule has 3 aliphatic rings. The topological polar surface area (TPSA) is 121 Å². The monoisotopic (exact) mass is 567 g/mol. The molecule has 1 aliphatic heterocycles. The van der Waals surface area contributed by atoms with Crippen LogP contribution in [-0.4, -0.2) is 71.8 Å². The van der Waals surface area contributed by atoms with E-state index in [1.54, 1.807) is 30.5 Å². The average Bonchev–Trinajstić information content (AvgIpc) is 3.20. The molecule has 1 saturated carbocycles. The van der Waals surface area contributed by atoms with E-state index in [1.807, 2.05) is 18.2 Å². The number of aliphatic hydroxyl groups is 1. The van der Waals surface area contributed by atoms with E-state index in [-0.39, 0.29) is 5.57 Å². The van der Waals surface area contributed by atoms with Gasteiger partial charge in [0.1, 0.15) is 12.3 Å². The van der Waals surface area contributed by atoms with E-state index in [0.717, 1.165) is 42.9 Å². The van der Waals surface area contributed by atoms with Crippen LogP contribution in [0.25, 0.3) is 22.0 Å². The Morgan fingerprint density at radius 3 is 2.67 bits per heavy atom. The zero-order valence-electron chi connectivity index (χ0n) is 21.9. The summed E-state index contributed by atoms with van der Waals surface area (Å²) in [5, 5.41) is 17.1. The summed E-state index contributed by atoms with van der Waals surface area (Å²) in [7, 11) is -2.68. The van der Waals surface area contributed by atoms with Gasteiger partial charge in [0, 0.05) is 29.5 Å². The highest BCUT2D eigenvalue weighted by atomic mass is 32.2. The van der Waals surface area contributed by atoms with Crippen molar-refractivity contribution in [1.82, 2.24) is 14.9 Å². The van der Waals surface area contributed by atoms with Gasteiger partial charge in [0.2, 0.25) is 21.0 Å². The lowest BCUT2D eigenvalue weighted by atomic mass is 9.78. The number of likely N-dealkylation sites (tertiary alicyclic amines) is 1. The predicted molar refractivity (Wildman–Crippen MR) is 150 cm³/mol. The second-order valence-electron chi connectivity index (χ2n) is 10.9. The molecule has 2 heterocycles. The molecule has 0 bridgehead atoms. The molecule has 2 aromatic carbocycles.